The van der Waals surface area contributed by atoms with Crippen molar-refractivity contribution < 1.29 is 5.11 Å². The SMILES string of the molecule is CC(C)c1ccc(N2CC(O)CNCC2C)cc1. The molecule has 1 aromatic rings. The fourth-order valence-corrected chi connectivity index (χ4v) is 2.45. The highest BCUT2D eigenvalue weighted by Crippen LogP contribution is 2.22. The Balaban J connectivity index is 2.17. The number of aliphatic hydroxyl groups excluding tert-OH is 1. The second-order valence-electron chi connectivity index (χ2n) is 5.56. The van der Waals surface area contributed by atoms with Crippen molar-refractivity contribution in [1.82, 2.24) is 5.32 Å². The lowest BCUT2D eigenvalue weighted by molar-refractivity contribution is 0.184. The molecule has 3 heteroatoms. The first-order valence-electron chi connectivity index (χ1n) is 6.83. The van der Waals surface area contributed by atoms with Crippen molar-refractivity contribution in [2.24, 2.45) is 0 Å². The zero-order valence-electron chi connectivity index (χ0n) is 11.6. The van der Waals surface area contributed by atoms with Gasteiger partial charge in [-0.15, -0.1) is 0 Å². The van der Waals surface area contributed by atoms with Gasteiger partial charge in [-0.3, -0.25) is 0 Å². The first-order chi connectivity index (χ1) is 8.58. The molecule has 0 aliphatic carbocycles. The van der Waals surface area contributed by atoms with Gasteiger partial charge in [-0.05, 0) is 30.5 Å². The summed E-state index contributed by atoms with van der Waals surface area (Å²) in [6.45, 7) is 8.92. The topological polar surface area (TPSA) is 35.5 Å². The Morgan fingerprint density at radius 1 is 1.22 bits per heavy atom. The molecule has 3 nitrogen and oxygen atoms in total. The van der Waals surface area contributed by atoms with Gasteiger partial charge >= 0.3 is 0 Å². The minimum atomic E-state index is -0.292. The van der Waals surface area contributed by atoms with Crippen LogP contribution in [0.1, 0.15) is 32.3 Å². The predicted molar refractivity (Wildman–Crippen MR) is 76.2 cm³/mol. The highest BCUT2D eigenvalue weighted by Gasteiger charge is 2.21. The Labute approximate surface area is 110 Å². The van der Waals surface area contributed by atoms with Gasteiger partial charge in [-0.2, -0.15) is 0 Å². The van der Waals surface area contributed by atoms with Crippen LogP contribution in [0.5, 0.6) is 0 Å². The summed E-state index contributed by atoms with van der Waals surface area (Å²) in [5, 5.41) is 13.2. The average molecular weight is 248 g/mol. The van der Waals surface area contributed by atoms with Gasteiger partial charge in [-0.25, -0.2) is 0 Å². The molecule has 18 heavy (non-hydrogen) atoms. The molecule has 0 radical (unpaired) electrons. The molecule has 1 aliphatic heterocycles. The number of rotatable bonds is 2. The van der Waals surface area contributed by atoms with Crippen molar-refractivity contribution in [1.29, 1.82) is 0 Å². The lowest BCUT2D eigenvalue weighted by atomic mass is 10.0. The summed E-state index contributed by atoms with van der Waals surface area (Å²) in [5.74, 6) is 0.563. The molecular formula is C15H24N2O. The zero-order valence-corrected chi connectivity index (χ0v) is 11.6. The van der Waals surface area contributed by atoms with Crippen LogP contribution in [0.25, 0.3) is 0 Å². The maximum absolute atomic E-state index is 9.88. The van der Waals surface area contributed by atoms with E-state index in [4.69, 9.17) is 0 Å². The van der Waals surface area contributed by atoms with Gasteiger partial charge in [0.1, 0.15) is 0 Å². The number of nitrogens with zero attached hydrogens (tertiary/aromatic N) is 1. The van der Waals surface area contributed by atoms with Crippen molar-refractivity contribution in [2.45, 2.75) is 38.8 Å². The van der Waals surface area contributed by atoms with Crippen LogP contribution in [-0.4, -0.2) is 36.9 Å². The molecule has 1 heterocycles. The third kappa shape index (κ3) is 3.03. The van der Waals surface area contributed by atoms with Gasteiger partial charge in [0.2, 0.25) is 0 Å². The third-order valence-electron chi connectivity index (χ3n) is 3.65. The molecular weight excluding hydrogens is 224 g/mol. The fraction of sp³-hybridized carbons (Fsp3) is 0.600. The number of aliphatic hydroxyl groups is 1. The smallest absolute Gasteiger partial charge is 0.0839 e. The number of anilines is 1. The minimum Gasteiger partial charge on any atom is -0.390 e. The van der Waals surface area contributed by atoms with E-state index in [0.29, 0.717) is 25.0 Å². The second-order valence-corrected chi connectivity index (χ2v) is 5.56. The molecule has 1 fully saturated rings. The lowest BCUT2D eigenvalue weighted by Gasteiger charge is -2.30. The average Bonchev–Trinajstić information content (AvgIpc) is 2.51. The Kier molecular flexibility index (Phi) is 4.25. The first-order valence-corrected chi connectivity index (χ1v) is 6.83. The predicted octanol–water partition coefficient (Wildman–Crippen LogP) is 1.97. The van der Waals surface area contributed by atoms with Crippen LogP contribution in [-0.2, 0) is 0 Å². The molecule has 0 aromatic heterocycles. The summed E-state index contributed by atoms with van der Waals surface area (Å²) in [5.41, 5.74) is 2.56. The minimum absolute atomic E-state index is 0.292. The van der Waals surface area contributed by atoms with Crippen molar-refractivity contribution >= 4 is 5.69 Å². The third-order valence-corrected chi connectivity index (χ3v) is 3.65. The van der Waals surface area contributed by atoms with E-state index >= 15 is 0 Å². The highest BCUT2D eigenvalue weighted by molar-refractivity contribution is 5.49. The summed E-state index contributed by atoms with van der Waals surface area (Å²) < 4.78 is 0. The van der Waals surface area contributed by atoms with Crippen molar-refractivity contribution in [3.05, 3.63) is 29.8 Å². The van der Waals surface area contributed by atoms with Crippen molar-refractivity contribution in [3.63, 3.8) is 0 Å². The monoisotopic (exact) mass is 248 g/mol. The highest BCUT2D eigenvalue weighted by atomic mass is 16.3. The maximum atomic E-state index is 9.88. The first kappa shape index (κ1) is 13.4. The van der Waals surface area contributed by atoms with Crippen molar-refractivity contribution in [2.75, 3.05) is 24.5 Å². The van der Waals surface area contributed by atoms with Gasteiger partial charge < -0.3 is 15.3 Å². The molecule has 0 amide bonds. The van der Waals surface area contributed by atoms with Crippen LogP contribution in [0.4, 0.5) is 5.69 Å². The maximum Gasteiger partial charge on any atom is 0.0839 e. The van der Waals surface area contributed by atoms with Crippen LogP contribution in [0.15, 0.2) is 24.3 Å². The number of benzene rings is 1. The van der Waals surface area contributed by atoms with Gasteiger partial charge in [0.15, 0.2) is 0 Å². The van der Waals surface area contributed by atoms with Gasteiger partial charge in [0, 0.05) is 31.4 Å². The van der Waals surface area contributed by atoms with Gasteiger partial charge in [0.05, 0.1) is 6.10 Å². The molecule has 1 aliphatic rings. The van der Waals surface area contributed by atoms with Crippen LogP contribution >= 0.6 is 0 Å². The fourth-order valence-electron chi connectivity index (χ4n) is 2.45. The van der Waals surface area contributed by atoms with E-state index in [1.807, 2.05) is 0 Å². The molecule has 1 aromatic carbocycles. The normalized spacial score (nSPS) is 25.3. The zero-order chi connectivity index (χ0) is 13.1. The molecule has 2 atom stereocenters. The second kappa shape index (κ2) is 5.72. The van der Waals surface area contributed by atoms with E-state index in [0.717, 1.165) is 6.54 Å². The molecule has 2 rings (SSSR count). The van der Waals surface area contributed by atoms with Crippen LogP contribution in [0, 0.1) is 0 Å². The van der Waals surface area contributed by atoms with E-state index in [2.05, 4.69) is 55.3 Å². The largest absolute Gasteiger partial charge is 0.390 e. The molecule has 0 bridgehead atoms. The lowest BCUT2D eigenvalue weighted by Crippen LogP contribution is -2.39. The van der Waals surface area contributed by atoms with Gasteiger partial charge in [-0.1, -0.05) is 26.0 Å². The molecule has 2 N–H and O–H groups in total. The van der Waals surface area contributed by atoms with E-state index in [1.54, 1.807) is 0 Å². The van der Waals surface area contributed by atoms with E-state index < -0.39 is 0 Å². The van der Waals surface area contributed by atoms with E-state index in [9.17, 15) is 5.11 Å². The molecule has 0 saturated carbocycles. The van der Waals surface area contributed by atoms with E-state index in [1.165, 1.54) is 11.3 Å². The molecule has 2 unspecified atom stereocenters. The van der Waals surface area contributed by atoms with Crippen LogP contribution in [0.3, 0.4) is 0 Å². The summed E-state index contributed by atoms with van der Waals surface area (Å²) in [7, 11) is 0. The standard InChI is InChI=1S/C15H24N2O/c1-11(2)13-4-6-14(7-5-13)17-10-15(18)9-16-8-12(17)3/h4-7,11-12,15-16,18H,8-10H2,1-3H3. The molecule has 100 valence electrons. The Hall–Kier alpha value is -1.06. The molecule has 1 saturated heterocycles. The van der Waals surface area contributed by atoms with Crippen LogP contribution < -0.4 is 10.2 Å². The Morgan fingerprint density at radius 2 is 1.89 bits per heavy atom. The summed E-state index contributed by atoms with van der Waals surface area (Å²) in [6, 6.07) is 9.13. The van der Waals surface area contributed by atoms with Crippen molar-refractivity contribution in [3.8, 4) is 0 Å². The summed E-state index contributed by atoms with van der Waals surface area (Å²) >= 11 is 0. The quantitative estimate of drug-likeness (QED) is 0.840. The molecule has 0 spiro atoms. The number of nitrogens with one attached hydrogen (secondary N) is 1. The van der Waals surface area contributed by atoms with Gasteiger partial charge in [0.25, 0.3) is 0 Å². The van der Waals surface area contributed by atoms with E-state index in [-0.39, 0.29) is 6.10 Å². The number of β-amino-alcohol motifs (C(OH)–C–C–N with tert-alkyl or cyclic N) is 1. The number of hydrogen-bond acceptors (Lipinski definition) is 3. The summed E-state index contributed by atoms with van der Waals surface area (Å²) in [4.78, 5) is 2.29. The Morgan fingerprint density at radius 3 is 2.50 bits per heavy atom. The van der Waals surface area contributed by atoms with Crippen LogP contribution in [0.2, 0.25) is 0 Å². The number of hydrogen-bond donors (Lipinski definition) is 2. The summed E-state index contributed by atoms with van der Waals surface area (Å²) in [6.07, 6.45) is -0.292. The Bertz CT molecular complexity index is 375.